The van der Waals surface area contributed by atoms with E-state index in [2.05, 4.69) is 4.98 Å². The maximum absolute atomic E-state index is 12.9. The highest BCUT2D eigenvalue weighted by atomic mass is 32.2. The first-order valence-electron chi connectivity index (χ1n) is 9.18. The van der Waals surface area contributed by atoms with Gasteiger partial charge in [-0.15, -0.1) is 34.0 Å². The van der Waals surface area contributed by atoms with Crippen molar-refractivity contribution < 1.29 is 13.2 Å². The van der Waals surface area contributed by atoms with E-state index < -0.39 is 10.0 Å². The van der Waals surface area contributed by atoms with E-state index in [9.17, 15) is 13.2 Å². The number of hydrogen-bond acceptors (Lipinski definition) is 7. The molecule has 1 fully saturated rings. The molecule has 29 heavy (non-hydrogen) atoms. The molecule has 0 N–H and O–H groups in total. The Bertz CT molecular complexity index is 1110. The molecule has 6 nitrogen and oxygen atoms in total. The van der Waals surface area contributed by atoms with Gasteiger partial charge in [0.05, 0.1) is 21.9 Å². The molecule has 0 spiro atoms. The van der Waals surface area contributed by atoms with E-state index in [0.29, 0.717) is 31.1 Å². The molecule has 0 bridgehead atoms. The molecule has 154 valence electrons. The normalized spacial score (nSPS) is 15.7. The topological polar surface area (TPSA) is 70.6 Å². The lowest BCUT2D eigenvalue weighted by molar-refractivity contribution is -0.131. The highest BCUT2D eigenvalue weighted by Gasteiger charge is 2.32. The van der Waals surface area contributed by atoms with E-state index >= 15 is 0 Å². The van der Waals surface area contributed by atoms with E-state index in [4.69, 9.17) is 0 Å². The Morgan fingerprint density at radius 3 is 2.55 bits per heavy atom. The average molecular weight is 468 g/mol. The number of sulfonamides is 1. The fourth-order valence-electron chi connectivity index (χ4n) is 3.35. The van der Waals surface area contributed by atoms with Crippen LogP contribution in [0.2, 0.25) is 0 Å². The standard InChI is InChI=1S/C19H21N3O3S4/c1-13-10-17(14(2)28-13)29(24,25)22-7-5-21(6-8-22)18(23)11-15-12-27-19(20-15)16-4-3-9-26-16/h3-4,9-10,12H,5-8,11H2,1-2H3. The van der Waals surface area contributed by atoms with Crippen molar-refractivity contribution in [1.29, 1.82) is 0 Å². The molecule has 1 saturated heterocycles. The smallest absolute Gasteiger partial charge is 0.244 e. The van der Waals surface area contributed by atoms with Gasteiger partial charge in [0.1, 0.15) is 5.01 Å². The highest BCUT2D eigenvalue weighted by molar-refractivity contribution is 7.89. The molecule has 3 aromatic rings. The van der Waals surface area contributed by atoms with E-state index in [-0.39, 0.29) is 12.3 Å². The summed E-state index contributed by atoms with van der Waals surface area (Å²) in [4.78, 5) is 22.3. The molecule has 10 heteroatoms. The molecule has 4 heterocycles. The van der Waals surface area contributed by atoms with Crippen LogP contribution < -0.4 is 0 Å². The van der Waals surface area contributed by atoms with E-state index in [1.165, 1.54) is 15.6 Å². The number of hydrogen-bond donors (Lipinski definition) is 0. The van der Waals surface area contributed by atoms with Crippen molar-refractivity contribution in [2.45, 2.75) is 25.2 Å². The molecule has 1 aliphatic heterocycles. The number of aryl methyl sites for hydroxylation is 2. The number of aromatic nitrogens is 1. The zero-order valence-electron chi connectivity index (χ0n) is 16.1. The SMILES string of the molecule is Cc1cc(S(=O)(=O)N2CCN(C(=O)Cc3csc(-c4cccs4)n3)CC2)c(C)s1. The van der Waals surface area contributed by atoms with E-state index in [1.807, 2.05) is 36.7 Å². The lowest BCUT2D eigenvalue weighted by Crippen LogP contribution is -2.50. The van der Waals surface area contributed by atoms with Crippen molar-refractivity contribution >= 4 is 49.9 Å². The van der Waals surface area contributed by atoms with Gasteiger partial charge in [-0.2, -0.15) is 4.31 Å². The molecule has 0 atom stereocenters. The van der Waals surface area contributed by atoms with Gasteiger partial charge >= 0.3 is 0 Å². The molecule has 1 aliphatic rings. The molecule has 0 aromatic carbocycles. The lowest BCUT2D eigenvalue weighted by Gasteiger charge is -2.34. The summed E-state index contributed by atoms with van der Waals surface area (Å²) in [6.45, 7) is 5.20. The largest absolute Gasteiger partial charge is 0.340 e. The van der Waals surface area contributed by atoms with E-state index in [1.54, 1.807) is 33.6 Å². The van der Waals surface area contributed by atoms with Crippen LogP contribution >= 0.6 is 34.0 Å². The summed E-state index contributed by atoms with van der Waals surface area (Å²) in [6, 6.07) is 5.74. The first-order valence-corrected chi connectivity index (χ1v) is 13.2. The van der Waals surface area contributed by atoms with Gasteiger partial charge in [-0.25, -0.2) is 13.4 Å². The number of carbonyl (C=O) groups excluding carboxylic acids is 1. The van der Waals surface area contributed by atoms with Crippen molar-refractivity contribution in [1.82, 2.24) is 14.2 Å². The molecular weight excluding hydrogens is 446 g/mol. The van der Waals surface area contributed by atoms with Gasteiger partial charge in [-0.1, -0.05) is 6.07 Å². The molecule has 0 aliphatic carbocycles. The molecule has 0 saturated carbocycles. The zero-order chi connectivity index (χ0) is 20.6. The van der Waals surface area contributed by atoms with Crippen molar-refractivity contribution in [3.8, 4) is 9.88 Å². The van der Waals surface area contributed by atoms with Gasteiger partial charge in [-0.05, 0) is 31.4 Å². The highest BCUT2D eigenvalue weighted by Crippen LogP contribution is 2.29. The summed E-state index contributed by atoms with van der Waals surface area (Å²) in [7, 11) is -3.51. The second-order valence-corrected chi connectivity index (χ2v) is 12.0. The van der Waals surface area contributed by atoms with Crippen LogP contribution in [0.25, 0.3) is 9.88 Å². The maximum Gasteiger partial charge on any atom is 0.244 e. The number of carbonyl (C=O) groups is 1. The number of nitrogens with zero attached hydrogens (tertiary/aromatic N) is 3. The summed E-state index contributed by atoms with van der Waals surface area (Å²) < 4.78 is 27.3. The van der Waals surface area contributed by atoms with Gasteiger partial charge < -0.3 is 4.90 Å². The summed E-state index contributed by atoms with van der Waals surface area (Å²) in [6.07, 6.45) is 0.247. The summed E-state index contributed by atoms with van der Waals surface area (Å²) in [5.74, 6) is -0.00682. The minimum atomic E-state index is -3.51. The Balaban J connectivity index is 1.37. The minimum Gasteiger partial charge on any atom is -0.340 e. The monoisotopic (exact) mass is 467 g/mol. The Morgan fingerprint density at radius 2 is 1.93 bits per heavy atom. The van der Waals surface area contributed by atoms with Crippen LogP contribution in [0.15, 0.2) is 33.9 Å². The summed E-state index contributed by atoms with van der Waals surface area (Å²) >= 11 is 4.66. The average Bonchev–Trinajstić information content (AvgIpc) is 3.43. The maximum atomic E-state index is 12.9. The van der Waals surface area contributed by atoms with Gasteiger partial charge in [0.15, 0.2) is 0 Å². The van der Waals surface area contributed by atoms with Crippen LogP contribution in [0, 0.1) is 13.8 Å². The Kier molecular flexibility index (Phi) is 5.90. The Labute approximate surface area is 182 Å². The van der Waals surface area contributed by atoms with Gasteiger partial charge in [0.25, 0.3) is 0 Å². The molecule has 0 unspecified atom stereocenters. The number of thiazole rings is 1. The molecule has 4 rings (SSSR count). The number of thiophene rings is 2. The quantitative estimate of drug-likeness (QED) is 0.575. The Hall–Kier alpha value is -1.59. The van der Waals surface area contributed by atoms with Crippen LogP contribution in [-0.4, -0.2) is 54.7 Å². The number of amides is 1. The predicted octanol–water partition coefficient (Wildman–Crippen LogP) is 3.63. The fourth-order valence-corrected chi connectivity index (χ4v) is 7.93. The second kappa shape index (κ2) is 8.27. The fraction of sp³-hybridized carbons (Fsp3) is 0.368. The molecule has 1 amide bonds. The van der Waals surface area contributed by atoms with E-state index in [0.717, 1.165) is 25.3 Å². The lowest BCUT2D eigenvalue weighted by atomic mass is 10.2. The van der Waals surface area contributed by atoms with Crippen LogP contribution in [-0.2, 0) is 21.2 Å². The molecule has 0 radical (unpaired) electrons. The van der Waals surface area contributed by atoms with Gasteiger partial charge in [0.2, 0.25) is 15.9 Å². The van der Waals surface area contributed by atoms with Gasteiger partial charge in [0, 0.05) is 41.3 Å². The Morgan fingerprint density at radius 1 is 1.17 bits per heavy atom. The van der Waals surface area contributed by atoms with Crippen LogP contribution in [0.5, 0.6) is 0 Å². The third-order valence-corrected chi connectivity index (χ3v) is 9.87. The first kappa shape index (κ1) is 20.7. The molecular formula is C19H21N3O3S4. The summed E-state index contributed by atoms with van der Waals surface area (Å²) in [5, 5.41) is 4.86. The molecule has 3 aromatic heterocycles. The van der Waals surface area contributed by atoms with Crippen molar-refractivity contribution in [2.75, 3.05) is 26.2 Å². The third-order valence-electron chi connectivity index (χ3n) is 4.82. The van der Waals surface area contributed by atoms with Crippen LogP contribution in [0.1, 0.15) is 15.4 Å². The minimum absolute atomic E-state index is 0.00682. The van der Waals surface area contributed by atoms with Gasteiger partial charge in [-0.3, -0.25) is 4.79 Å². The number of rotatable bonds is 5. The zero-order valence-corrected chi connectivity index (χ0v) is 19.4. The number of piperazine rings is 1. The first-order chi connectivity index (χ1) is 13.8. The van der Waals surface area contributed by atoms with Crippen molar-refractivity contribution in [3.05, 3.63) is 44.4 Å². The van der Waals surface area contributed by atoms with Crippen molar-refractivity contribution in [2.24, 2.45) is 0 Å². The predicted molar refractivity (Wildman–Crippen MR) is 118 cm³/mol. The summed E-state index contributed by atoms with van der Waals surface area (Å²) in [5.41, 5.74) is 0.767. The third kappa shape index (κ3) is 4.31. The second-order valence-electron chi connectivity index (χ2n) is 6.86. The van der Waals surface area contributed by atoms with Crippen LogP contribution in [0.3, 0.4) is 0 Å². The van der Waals surface area contributed by atoms with Crippen molar-refractivity contribution in [3.63, 3.8) is 0 Å². The van der Waals surface area contributed by atoms with Crippen LogP contribution in [0.4, 0.5) is 0 Å².